The van der Waals surface area contributed by atoms with Gasteiger partial charge in [0.05, 0.1) is 6.21 Å². The monoisotopic (exact) mass is 405 g/mol. The van der Waals surface area contributed by atoms with Crippen LogP contribution in [0.2, 0.25) is 10.0 Å². The minimum atomic E-state index is -0.854. The standard InChI is InChI=1S/C19H17Cl2N3O3/c1-2-9-22-18(25)19(26)24-23-11-13-3-7-16(8-4-13)27-12-14-5-6-15(20)10-17(14)21/h2-8,10-11H,1,9,12H2,(H,22,25)(H,24,26)/b23-11+. The lowest BCUT2D eigenvalue weighted by Gasteiger charge is -2.08. The minimum Gasteiger partial charge on any atom is -0.489 e. The van der Waals surface area contributed by atoms with E-state index in [2.05, 4.69) is 22.4 Å². The maximum absolute atomic E-state index is 11.5. The molecule has 2 amide bonds. The largest absolute Gasteiger partial charge is 0.489 e. The fraction of sp³-hybridized carbons (Fsp3) is 0.105. The third-order valence-electron chi connectivity index (χ3n) is 3.28. The second kappa shape index (κ2) is 10.4. The van der Waals surface area contributed by atoms with Crippen LogP contribution in [-0.4, -0.2) is 24.6 Å². The topological polar surface area (TPSA) is 79.8 Å². The van der Waals surface area contributed by atoms with E-state index in [4.69, 9.17) is 27.9 Å². The number of halogens is 2. The van der Waals surface area contributed by atoms with E-state index in [1.54, 1.807) is 42.5 Å². The number of amides is 2. The number of benzene rings is 2. The van der Waals surface area contributed by atoms with Gasteiger partial charge in [-0.3, -0.25) is 9.59 Å². The first kappa shape index (κ1) is 20.5. The number of hydrogen-bond acceptors (Lipinski definition) is 4. The van der Waals surface area contributed by atoms with Crippen LogP contribution >= 0.6 is 23.2 Å². The van der Waals surface area contributed by atoms with E-state index in [1.165, 1.54) is 12.3 Å². The maximum Gasteiger partial charge on any atom is 0.329 e. The molecule has 0 atom stereocenters. The highest BCUT2D eigenvalue weighted by molar-refractivity contribution is 6.35. The van der Waals surface area contributed by atoms with Crippen molar-refractivity contribution < 1.29 is 14.3 Å². The van der Waals surface area contributed by atoms with E-state index in [-0.39, 0.29) is 6.54 Å². The van der Waals surface area contributed by atoms with Crippen molar-refractivity contribution in [1.82, 2.24) is 10.7 Å². The summed E-state index contributed by atoms with van der Waals surface area (Å²) in [6.45, 7) is 3.95. The molecule has 0 aliphatic heterocycles. The molecule has 0 unspecified atom stereocenters. The zero-order chi connectivity index (χ0) is 19.6. The van der Waals surface area contributed by atoms with Gasteiger partial charge in [-0.1, -0.05) is 35.3 Å². The van der Waals surface area contributed by atoms with E-state index >= 15 is 0 Å². The van der Waals surface area contributed by atoms with E-state index in [9.17, 15) is 9.59 Å². The van der Waals surface area contributed by atoms with E-state index in [0.29, 0.717) is 22.4 Å². The van der Waals surface area contributed by atoms with Crippen molar-refractivity contribution in [2.45, 2.75) is 6.61 Å². The lowest BCUT2D eigenvalue weighted by atomic mass is 10.2. The average Bonchev–Trinajstić information content (AvgIpc) is 2.66. The number of rotatable bonds is 7. The molecule has 0 bridgehead atoms. The van der Waals surface area contributed by atoms with Crippen LogP contribution in [0.3, 0.4) is 0 Å². The fourth-order valence-corrected chi connectivity index (χ4v) is 2.37. The van der Waals surface area contributed by atoms with Crippen molar-refractivity contribution >= 4 is 41.2 Å². The Hall–Kier alpha value is -2.83. The first-order valence-electron chi connectivity index (χ1n) is 7.88. The first-order chi connectivity index (χ1) is 13.0. The molecule has 0 radical (unpaired) electrons. The molecular weight excluding hydrogens is 389 g/mol. The molecule has 2 N–H and O–H groups in total. The van der Waals surface area contributed by atoms with Crippen LogP contribution in [0.1, 0.15) is 11.1 Å². The SMILES string of the molecule is C=CCNC(=O)C(=O)N/N=C/c1ccc(OCc2ccc(Cl)cc2Cl)cc1. The number of hydrazone groups is 1. The average molecular weight is 406 g/mol. The van der Waals surface area contributed by atoms with Crippen molar-refractivity contribution in [3.05, 3.63) is 76.3 Å². The van der Waals surface area contributed by atoms with E-state index in [1.807, 2.05) is 0 Å². The lowest BCUT2D eigenvalue weighted by molar-refractivity contribution is -0.139. The lowest BCUT2D eigenvalue weighted by Crippen LogP contribution is -2.37. The Morgan fingerprint density at radius 3 is 2.52 bits per heavy atom. The van der Waals surface area contributed by atoms with Gasteiger partial charge < -0.3 is 10.1 Å². The summed E-state index contributed by atoms with van der Waals surface area (Å²) in [5.41, 5.74) is 3.68. The smallest absolute Gasteiger partial charge is 0.329 e. The molecule has 0 fully saturated rings. The molecule has 0 saturated heterocycles. The molecule has 140 valence electrons. The van der Waals surface area contributed by atoms with Gasteiger partial charge in [0, 0.05) is 22.2 Å². The second-order valence-electron chi connectivity index (χ2n) is 5.29. The van der Waals surface area contributed by atoms with Gasteiger partial charge in [-0.2, -0.15) is 5.10 Å². The maximum atomic E-state index is 11.5. The Labute approximate surface area is 166 Å². The van der Waals surface area contributed by atoms with Gasteiger partial charge in [0.1, 0.15) is 12.4 Å². The summed E-state index contributed by atoms with van der Waals surface area (Å²) in [7, 11) is 0. The van der Waals surface area contributed by atoms with Gasteiger partial charge in [0.15, 0.2) is 0 Å². The molecule has 2 rings (SSSR count). The molecule has 0 heterocycles. The van der Waals surface area contributed by atoms with Crippen LogP contribution in [0.4, 0.5) is 0 Å². The molecular formula is C19H17Cl2N3O3. The Balaban J connectivity index is 1.84. The molecule has 0 aliphatic carbocycles. The van der Waals surface area contributed by atoms with Crippen LogP contribution in [0.15, 0.2) is 60.2 Å². The summed E-state index contributed by atoms with van der Waals surface area (Å²) in [4.78, 5) is 22.8. The summed E-state index contributed by atoms with van der Waals surface area (Å²) >= 11 is 12.0. The molecule has 2 aromatic carbocycles. The molecule has 6 nitrogen and oxygen atoms in total. The van der Waals surface area contributed by atoms with Gasteiger partial charge in [-0.15, -0.1) is 6.58 Å². The second-order valence-corrected chi connectivity index (χ2v) is 6.13. The number of hydrogen-bond donors (Lipinski definition) is 2. The van der Waals surface area contributed by atoms with Gasteiger partial charge in [-0.25, -0.2) is 5.43 Å². The Morgan fingerprint density at radius 1 is 1.11 bits per heavy atom. The van der Waals surface area contributed by atoms with Crippen molar-refractivity contribution in [2.75, 3.05) is 6.54 Å². The highest BCUT2D eigenvalue weighted by Crippen LogP contribution is 2.22. The van der Waals surface area contributed by atoms with E-state index < -0.39 is 11.8 Å². The summed E-state index contributed by atoms with van der Waals surface area (Å²) < 4.78 is 5.68. The zero-order valence-corrected chi connectivity index (χ0v) is 15.8. The quantitative estimate of drug-likeness (QED) is 0.321. The zero-order valence-electron chi connectivity index (χ0n) is 14.2. The van der Waals surface area contributed by atoms with Crippen molar-refractivity contribution in [1.29, 1.82) is 0 Å². The van der Waals surface area contributed by atoms with Crippen molar-refractivity contribution in [2.24, 2.45) is 5.10 Å². The molecule has 0 aliphatic rings. The molecule has 0 aromatic heterocycles. The third kappa shape index (κ3) is 6.77. The first-order valence-corrected chi connectivity index (χ1v) is 8.64. The molecule has 2 aromatic rings. The highest BCUT2D eigenvalue weighted by atomic mass is 35.5. The van der Waals surface area contributed by atoms with Gasteiger partial charge >= 0.3 is 11.8 Å². The molecule has 8 heteroatoms. The number of carbonyl (C=O) groups is 2. The predicted molar refractivity (Wildman–Crippen MR) is 106 cm³/mol. The van der Waals surface area contributed by atoms with Crippen molar-refractivity contribution in [3.8, 4) is 5.75 Å². The third-order valence-corrected chi connectivity index (χ3v) is 3.87. The van der Waals surface area contributed by atoms with Crippen LogP contribution in [0.5, 0.6) is 5.75 Å². The summed E-state index contributed by atoms with van der Waals surface area (Å²) in [5.74, 6) is -0.990. The summed E-state index contributed by atoms with van der Waals surface area (Å²) in [5, 5.41) is 7.19. The van der Waals surface area contributed by atoms with Crippen LogP contribution in [0, 0.1) is 0 Å². The molecule has 27 heavy (non-hydrogen) atoms. The predicted octanol–water partition coefficient (Wildman–Crippen LogP) is 3.32. The van der Waals surface area contributed by atoms with Crippen LogP contribution in [0.25, 0.3) is 0 Å². The van der Waals surface area contributed by atoms with Crippen LogP contribution in [-0.2, 0) is 16.2 Å². The fourth-order valence-electron chi connectivity index (χ4n) is 1.91. The molecule has 0 spiro atoms. The number of nitrogens with zero attached hydrogens (tertiary/aromatic N) is 1. The summed E-state index contributed by atoms with van der Waals surface area (Å²) in [6.07, 6.45) is 2.89. The Bertz CT molecular complexity index is 852. The van der Waals surface area contributed by atoms with Gasteiger partial charge in [0.2, 0.25) is 0 Å². The Morgan fingerprint density at radius 2 is 1.85 bits per heavy atom. The normalized spacial score (nSPS) is 10.4. The highest BCUT2D eigenvalue weighted by Gasteiger charge is 2.10. The van der Waals surface area contributed by atoms with E-state index in [0.717, 1.165) is 11.1 Å². The molecule has 0 saturated carbocycles. The minimum absolute atomic E-state index is 0.207. The number of ether oxygens (including phenoxy) is 1. The summed E-state index contributed by atoms with van der Waals surface area (Å²) in [6, 6.07) is 12.2. The Kier molecular flexibility index (Phi) is 7.85. The number of nitrogens with one attached hydrogen (secondary N) is 2. The van der Waals surface area contributed by atoms with Gasteiger partial charge in [-0.05, 0) is 42.0 Å². The number of carbonyl (C=O) groups excluding carboxylic acids is 2. The van der Waals surface area contributed by atoms with Crippen LogP contribution < -0.4 is 15.5 Å². The van der Waals surface area contributed by atoms with Crippen molar-refractivity contribution in [3.63, 3.8) is 0 Å². The van der Waals surface area contributed by atoms with Gasteiger partial charge in [0.25, 0.3) is 0 Å².